The van der Waals surface area contributed by atoms with Crippen molar-refractivity contribution < 1.29 is 4.74 Å². The first kappa shape index (κ1) is 57.8. The van der Waals surface area contributed by atoms with Crippen LogP contribution >= 0.6 is 11.8 Å². The van der Waals surface area contributed by atoms with Crippen LogP contribution in [0.25, 0.3) is 0 Å². The highest BCUT2D eigenvalue weighted by molar-refractivity contribution is 8.00. The number of ether oxygens (including phenoxy) is 1. The highest BCUT2D eigenvalue weighted by Gasteiger charge is 2.53. The second-order valence-electron chi connectivity index (χ2n) is 26.5. The average Bonchev–Trinajstić information content (AvgIpc) is 0.707. The first-order valence-corrected chi connectivity index (χ1v) is 41.1. The third-order valence-corrected chi connectivity index (χ3v) is 37.5. The van der Waals surface area contributed by atoms with E-state index in [2.05, 4.69) is 391 Å². The van der Waals surface area contributed by atoms with E-state index in [9.17, 15) is 0 Å². The summed E-state index contributed by atoms with van der Waals surface area (Å²) in [5.74, 6) is 1.73. The largest absolute Gasteiger partial charge is 0.458 e. The highest BCUT2D eigenvalue weighted by Crippen LogP contribution is 2.48. The van der Waals surface area contributed by atoms with E-state index in [0.717, 1.165) is 34.0 Å². The molecule has 464 valence electrons. The van der Waals surface area contributed by atoms with E-state index in [0.29, 0.717) is 0 Å². The van der Waals surface area contributed by atoms with Crippen molar-refractivity contribution in [3.05, 3.63) is 376 Å². The molecular formula is C90H62BN3OSSi3. The van der Waals surface area contributed by atoms with Crippen molar-refractivity contribution in [3.63, 3.8) is 0 Å². The predicted octanol–water partition coefficient (Wildman–Crippen LogP) is 12.3. The standard InChI is InChI=1S/C90H62BN3OSSi3/c1-7-31-66(32-8-1)97(67-33-9-2-10-34-67)84-49-25-19-43-74(84)92(75-44-20-26-50-85(75)97)63-55-57-80-72(59-63)91-73-60-64(93-76-45-21-27-51-86(76)98(68-35-11-3-12-36-68,69-37-13-4-14-38-69)87-52-28-22-46-77(87)93)56-58-82(73)96-83-62-65(61-81(95-80)90(83)91)94-78-47-23-29-53-88(78)99(70-39-15-5-16-40-70,71-41-17-6-18-42-71)89-54-30-24-48-79(89)94/h1-62H. The molecule has 0 amide bonds. The lowest BCUT2D eigenvalue weighted by atomic mass is 9.35. The lowest BCUT2D eigenvalue weighted by Gasteiger charge is -2.46. The maximum Gasteiger partial charge on any atom is 0.254 e. The molecule has 0 saturated carbocycles. The van der Waals surface area contributed by atoms with Gasteiger partial charge in [-0.05, 0) is 152 Å². The molecule has 0 saturated heterocycles. The lowest BCUT2D eigenvalue weighted by molar-refractivity contribution is 0.486. The maximum atomic E-state index is 7.65. The molecule has 0 spiro atoms. The molecule has 5 heterocycles. The molecule has 5 aliphatic rings. The van der Waals surface area contributed by atoms with Gasteiger partial charge in [0.05, 0.1) is 5.69 Å². The monoisotopic (exact) mass is 1330 g/mol. The first-order valence-electron chi connectivity index (χ1n) is 34.3. The van der Waals surface area contributed by atoms with E-state index in [1.54, 1.807) is 0 Å². The normalized spacial score (nSPS) is 14.9. The summed E-state index contributed by atoms with van der Waals surface area (Å²) in [4.78, 5) is 10.1. The van der Waals surface area contributed by atoms with E-state index >= 15 is 0 Å². The number of para-hydroxylation sites is 6. The Labute approximate surface area is 585 Å². The smallest absolute Gasteiger partial charge is 0.254 e. The highest BCUT2D eigenvalue weighted by atomic mass is 32.2. The number of rotatable bonds is 9. The fourth-order valence-electron chi connectivity index (χ4n) is 17.9. The SMILES string of the molecule is c1ccc([Si]2(c3ccccc3)c3ccccc3N(c3cc4c5c(c3)Sc3ccc(N6c7ccccc7[Si](c7ccccc7)(c7ccccc7)c7ccccc76)cc3B5c3cc(N5c6ccccc6[Si](c6ccccc6)(c6ccccc6)c6ccccc65)ccc3O4)c3ccccc32)cc1. The summed E-state index contributed by atoms with van der Waals surface area (Å²) in [5.41, 5.74) is 14.0. The minimum absolute atomic E-state index is 0.212. The second-order valence-corrected chi connectivity index (χ2v) is 38.8. The van der Waals surface area contributed by atoms with Gasteiger partial charge in [0.25, 0.3) is 6.71 Å². The summed E-state index contributed by atoms with van der Waals surface area (Å²) in [6, 6.07) is 143. The number of benzene rings is 15. The van der Waals surface area contributed by atoms with Crippen molar-refractivity contribution in [1.29, 1.82) is 0 Å². The van der Waals surface area contributed by atoms with Gasteiger partial charge in [0.2, 0.25) is 0 Å². The number of hydrogen-bond acceptors (Lipinski definition) is 5. The van der Waals surface area contributed by atoms with Crippen LogP contribution in [0.15, 0.2) is 386 Å². The molecule has 0 radical (unpaired) electrons. The van der Waals surface area contributed by atoms with E-state index in [1.807, 2.05) is 11.8 Å². The Hall–Kier alpha value is -11.4. The lowest BCUT2D eigenvalue weighted by Crippen LogP contribution is -2.77. The molecule has 5 aliphatic heterocycles. The number of hydrogen-bond donors (Lipinski definition) is 0. The summed E-state index contributed by atoms with van der Waals surface area (Å²) in [7, 11) is -8.67. The molecule has 0 unspecified atom stereocenters. The molecule has 15 aromatic carbocycles. The van der Waals surface area contributed by atoms with Gasteiger partial charge < -0.3 is 19.4 Å². The average molecular weight is 1330 g/mol. The van der Waals surface area contributed by atoms with E-state index < -0.39 is 24.2 Å². The molecular weight excluding hydrogens is 1270 g/mol. The molecule has 0 atom stereocenters. The van der Waals surface area contributed by atoms with Crippen molar-refractivity contribution in [1.82, 2.24) is 0 Å². The van der Waals surface area contributed by atoms with Gasteiger partial charge in [0.1, 0.15) is 11.5 Å². The van der Waals surface area contributed by atoms with Crippen molar-refractivity contribution in [3.8, 4) is 11.5 Å². The van der Waals surface area contributed by atoms with Gasteiger partial charge in [-0.3, -0.25) is 0 Å². The molecule has 0 bridgehead atoms. The summed E-state index contributed by atoms with van der Waals surface area (Å²) in [6.07, 6.45) is 0. The van der Waals surface area contributed by atoms with Crippen LogP contribution in [0.3, 0.4) is 0 Å². The summed E-state index contributed by atoms with van der Waals surface area (Å²) in [6.45, 7) is -0.212. The van der Waals surface area contributed by atoms with Crippen molar-refractivity contribution in [2.24, 2.45) is 0 Å². The topological polar surface area (TPSA) is 19.0 Å². The molecule has 0 aromatic heterocycles. The number of nitrogens with zero attached hydrogens (tertiary/aromatic N) is 3. The zero-order valence-corrected chi connectivity index (χ0v) is 57.8. The third kappa shape index (κ3) is 8.33. The number of fused-ring (bicyclic) bond motifs is 10. The van der Waals surface area contributed by atoms with Crippen LogP contribution in [0.1, 0.15) is 0 Å². The Morgan fingerprint density at radius 1 is 0.232 bits per heavy atom. The minimum atomic E-state index is -2.89. The summed E-state index contributed by atoms with van der Waals surface area (Å²) >= 11 is 1.87. The zero-order valence-electron chi connectivity index (χ0n) is 54.0. The molecule has 0 fully saturated rings. The molecule has 15 aromatic rings. The van der Waals surface area contributed by atoms with E-state index in [-0.39, 0.29) is 6.71 Å². The van der Waals surface area contributed by atoms with Crippen LogP contribution < -0.4 is 98.1 Å². The van der Waals surface area contributed by atoms with Crippen molar-refractivity contribution >= 4 is 173 Å². The number of anilines is 9. The Balaban J connectivity index is 0.804. The fourth-order valence-corrected chi connectivity index (χ4v) is 34.4. The van der Waals surface area contributed by atoms with Crippen molar-refractivity contribution in [2.75, 3.05) is 14.7 Å². The van der Waals surface area contributed by atoms with Crippen molar-refractivity contribution in [2.45, 2.75) is 9.79 Å². The Bertz CT molecular complexity index is 5170. The van der Waals surface area contributed by atoms with Crippen LogP contribution in [-0.2, 0) is 0 Å². The van der Waals surface area contributed by atoms with Gasteiger partial charge in [-0.2, -0.15) is 0 Å². The van der Waals surface area contributed by atoms with Crippen LogP contribution in [0.5, 0.6) is 11.5 Å². The Morgan fingerprint density at radius 3 is 0.848 bits per heavy atom. The summed E-state index contributed by atoms with van der Waals surface area (Å²) in [5, 5.41) is 16.4. The van der Waals surface area contributed by atoms with Crippen LogP contribution in [0.4, 0.5) is 51.2 Å². The summed E-state index contributed by atoms with van der Waals surface area (Å²) < 4.78 is 7.65. The fraction of sp³-hybridized carbons (Fsp3) is 0. The Kier molecular flexibility index (Phi) is 13.3. The van der Waals surface area contributed by atoms with E-state index in [1.165, 1.54) is 117 Å². The molecule has 0 N–H and O–H groups in total. The van der Waals surface area contributed by atoms with Gasteiger partial charge in [0.15, 0.2) is 24.2 Å². The van der Waals surface area contributed by atoms with Gasteiger partial charge in [-0.1, -0.05) is 308 Å². The van der Waals surface area contributed by atoms with Gasteiger partial charge in [-0.15, -0.1) is 0 Å². The zero-order chi connectivity index (χ0) is 65.2. The van der Waals surface area contributed by atoms with Gasteiger partial charge >= 0.3 is 0 Å². The Morgan fingerprint density at radius 2 is 0.515 bits per heavy atom. The van der Waals surface area contributed by atoms with Crippen LogP contribution in [0.2, 0.25) is 0 Å². The molecule has 0 aliphatic carbocycles. The third-order valence-electron chi connectivity index (χ3n) is 21.7. The van der Waals surface area contributed by atoms with Crippen LogP contribution in [0, 0.1) is 0 Å². The van der Waals surface area contributed by atoms with Gasteiger partial charge in [-0.25, -0.2) is 0 Å². The molecule has 20 rings (SSSR count). The first-order chi connectivity index (χ1) is 49.1. The molecule has 99 heavy (non-hydrogen) atoms. The maximum absolute atomic E-state index is 7.65. The van der Waals surface area contributed by atoms with Gasteiger partial charge in [0, 0.05) is 61.4 Å². The second kappa shape index (κ2) is 22.8. The molecule has 9 heteroatoms. The minimum Gasteiger partial charge on any atom is -0.458 e. The van der Waals surface area contributed by atoms with Crippen LogP contribution in [-0.4, -0.2) is 30.9 Å². The predicted molar refractivity (Wildman–Crippen MR) is 424 cm³/mol. The van der Waals surface area contributed by atoms with E-state index in [4.69, 9.17) is 4.74 Å². The molecule has 4 nitrogen and oxygen atoms in total. The quantitative estimate of drug-likeness (QED) is 0.134.